The molecule has 0 amide bonds. The Morgan fingerprint density at radius 1 is 1.20 bits per heavy atom. The number of hydrogen-bond donors (Lipinski definition) is 0. The lowest BCUT2D eigenvalue weighted by molar-refractivity contribution is 0.0905. The van der Waals surface area contributed by atoms with Gasteiger partial charge >= 0.3 is 0 Å². The molecule has 0 spiro atoms. The fourth-order valence-electron chi connectivity index (χ4n) is 1.64. The van der Waals surface area contributed by atoms with E-state index in [1.165, 1.54) is 10.6 Å². The number of ketones is 1. The molecular formula is C13H9F4NO2. The average molecular weight is 287 g/mol. The minimum Gasteiger partial charge on any atom is -0.479 e. The quantitative estimate of drug-likeness (QED) is 0.492. The van der Waals surface area contributed by atoms with Gasteiger partial charge in [0.1, 0.15) is 0 Å². The van der Waals surface area contributed by atoms with E-state index in [0.29, 0.717) is 0 Å². The van der Waals surface area contributed by atoms with Crippen LogP contribution < -0.4 is 4.74 Å². The van der Waals surface area contributed by atoms with Crippen LogP contribution in [0, 0.1) is 23.3 Å². The lowest BCUT2D eigenvalue weighted by Gasteiger charge is -2.09. The first kappa shape index (κ1) is 14.1. The van der Waals surface area contributed by atoms with Crippen molar-refractivity contribution in [1.29, 1.82) is 0 Å². The molecule has 0 saturated carbocycles. The monoisotopic (exact) mass is 287 g/mol. The van der Waals surface area contributed by atoms with Gasteiger partial charge in [-0.1, -0.05) is 0 Å². The number of rotatable bonds is 4. The minimum atomic E-state index is -1.68. The summed E-state index contributed by atoms with van der Waals surface area (Å²) in [7, 11) is 1.59. The van der Waals surface area contributed by atoms with Crippen molar-refractivity contribution in [3.05, 3.63) is 53.4 Å². The Kier molecular flexibility index (Phi) is 3.78. The first-order valence-electron chi connectivity index (χ1n) is 5.52. The molecule has 0 aliphatic rings. The van der Waals surface area contributed by atoms with Gasteiger partial charge in [0.2, 0.25) is 17.4 Å². The van der Waals surface area contributed by atoms with E-state index in [1.54, 1.807) is 19.3 Å². The minimum absolute atomic E-state index is 0.0660. The number of ether oxygens (including phenoxy) is 1. The Hall–Kier alpha value is -2.31. The lowest BCUT2D eigenvalue weighted by Crippen LogP contribution is -2.16. The Morgan fingerprint density at radius 3 is 2.30 bits per heavy atom. The Labute approximate surface area is 111 Å². The molecule has 1 aromatic heterocycles. The Balaban J connectivity index is 2.20. The van der Waals surface area contributed by atoms with Crippen molar-refractivity contribution in [2.75, 3.05) is 6.61 Å². The molecule has 7 heteroatoms. The normalized spacial score (nSPS) is 10.7. The van der Waals surface area contributed by atoms with Gasteiger partial charge in [-0.25, -0.2) is 8.78 Å². The highest BCUT2D eigenvalue weighted by molar-refractivity contribution is 5.95. The number of carbonyl (C=O) groups excluding carboxylic acids is 1. The summed E-state index contributed by atoms with van der Waals surface area (Å²) in [6.45, 7) is -0.741. The second-order valence-electron chi connectivity index (χ2n) is 4.01. The molecule has 0 bridgehead atoms. The number of aromatic nitrogens is 1. The first-order chi connectivity index (χ1) is 9.41. The summed E-state index contributed by atoms with van der Waals surface area (Å²) in [6, 6.07) is 3.14. The zero-order valence-corrected chi connectivity index (χ0v) is 10.3. The van der Waals surface area contributed by atoms with E-state index in [-0.39, 0.29) is 11.8 Å². The number of nitrogens with zero attached hydrogens (tertiary/aromatic N) is 1. The van der Waals surface area contributed by atoms with Crippen LogP contribution in [0.15, 0.2) is 24.4 Å². The van der Waals surface area contributed by atoms with Crippen LogP contribution in [-0.4, -0.2) is 17.0 Å². The molecule has 0 saturated heterocycles. The highest BCUT2D eigenvalue weighted by Gasteiger charge is 2.22. The third-order valence-electron chi connectivity index (χ3n) is 2.65. The molecule has 0 aliphatic carbocycles. The van der Waals surface area contributed by atoms with Crippen LogP contribution in [0.4, 0.5) is 17.6 Å². The van der Waals surface area contributed by atoms with E-state index < -0.39 is 41.4 Å². The smallest absolute Gasteiger partial charge is 0.216 e. The summed E-state index contributed by atoms with van der Waals surface area (Å²) in [5.41, 5.74) is 0.239. The molecule has 0 radical (unpaired) electrons. The van der Waals surface area contributed by atoms with E-state index in [0.717, 1.165) is 0 Å². The van der Waals surface area contributed by atoms with E-state index in [2.05, 4.69) is 4.74 Å². The van der Waals surface area contributed by atoms with Gasteiger partial charge in [-0.2, -0.15) is 8.78 Å². The lowest BCUT2D eigenvalue weighted by atomic mass is 10.2. The van der Waals surface area contributed by atoms with Gasteiger partial charge in [-0.05, 0) is 12.1 Å². The maximum absolute atomic E-state index is 13.3. The number of halogens is 4. The molecule has 0 aliphatic heterocycles. The summed E-state index contributed by atoms with van der Waals surface area (Å²) in [5, 5.41) is 0. The van der Waals surface area contributed by atoms with Crippen molar-refractivity contribution in [2.24, 2.45) is 7.05 Å². The van der Waals surface area contributed by atoms with Crippen molar-refractivity contribution < 1.29 is 27.1 Å². The SMILES string of the molecule is Cn1cccc1C(=O)COc1c(F)c(F)cc(F)c1F. The average Bonchev–Trinajstić information content (AvgIpc) is 2.82. The van der Waals surface area contributed by atoms with Gasteiger partial charge in [0.25, 0.3) is 0 Å². The highest BCUT2D eigenvalue weighted by atomic mass is 19.2. The van der Waals surface area contributed by atoms with Gasteiger partial charge < -0.3 is 9.30 Å². The van der Waals surface area contributed by atoms with Gasteiger partial charge in [-0.3, -0.25) is 4.79 Å². The molecule has 20 heavy (non-hydrogen) atoms. The van der Waals surface area contributed by atoms with Gasteiger partial charge in [0.05, 0.1) is 5.69 Å². The largest absolute Gasteiger partial charge is 0.479 e. The second-order valence-corrected chi connectivity index (χ2v) is 4.01. The van der Waals surface area contributed by atoms with Gasteiger partial charge in [0, 0.05) is 19.3 Å². The standard InChI is InChI=1S/C13H9F4NO2/c1-18-4-2-3-9(18)10(19)6-20-13-11(16)7(14)5-8(15)12(13)17/h2-5H,6H2,1H3. The van der Waals surface area contributed by atoms with Crippen LogP contribution in [0.2, 0.25) is 0 Å². The molecule has 3 nitrogen and oxygen atoms in total. The zero-order chi connectivity index (χ0) is 14.9. The fourth-order valence-corrected chi connectivity index (χ4v) is 1.64. The van der Waals surface area contributed by atoms with Crippen molar-refractivity contribution in [1.82, 2.24) is 4.57 Å². The van der Waals surface area contributed by atoms with Gasteiger partial charge in [-0.15, -0.1) is 0 Å². The van der Waals surface area contributed by atoms with E-state index in [4.69, 9.17) is 0 Å². The van der Waals surface area contributed by atoms with Crippen molar-refractivity contribution in [3.8, 4) is 5.75 Å². The second kappa shape index (κ2) is 5.36. The predicted molar refractivity (Wildman–Crippen MR) is 61.5 cm³/mol. The molecule has 106 valence electrons. The summed E-state index contributed by atoms with van der Waals surface area (Å²) < 4.78 is 58.5. The number of carbonyl (C=O) groups is 1. The molecule has 0 N–H and O–H groups in total. The van der Waals surface area contributed by atoms with Crippen LogP contribution in [0.3, 0.4) is 0 Å². The van der Waals surface area contributed by atoms with Crippen LogP contribution >= 0.6 is 0 Å². The summed E-state index contributed by atoms with van der Waals surface area (Å²) >= 11 is 0. The molecule has 2 aromatic rings. The predicted octanol–water partition coefficient (Wildman–Crippen LogP) is 2.84. The topological polar surface area (TPSA) is 31.2 Å². The Bertz CT molecular complexity index is 640. The number of aryl methyl sites for hydroxylation is 1. The number of Topliss-reactive ketones (excluding diaryl/α,β-unsaturated/α-hetero) is 1. The molecule has 0 fully saturated rings. The first-order valence-corrected chi connectivity index (χ1v) is 5.52. The third-order valence-corrected chi connectivity index (χ3v) is 2.65. The summed E-state index contributed by atoms with van der Waals surface area (Å²) in [6.07, 6.45) is 1.59. The van der Waals surface area contributed by atoms with Crippen molar-refractivity contribution in [3.63, 3.8) is 0 Å². The van der Waals surface area contributed by atoms with Gasteiger partial charge in [0.15, 0.2) is 24.0 Å². The fraction of sp³-hybridized carbons (Fsp3) is 0.154. The summed E-state index contributed by atoms with van der Waals surface area (Å²) in [4.78, 5) is 11.7. The molecule has 0 unspecified atom stereocenters. The van der Waals surface area contributed by atoms with Crippen LogP contribution in [0.5, 0.6) is 5.75 Å². The maximum atomic E-state index is 13.3. The number of hydrogen-bond acceptors (Lipinski definition) is 2. The summed E-state index contributed by atoms with van der Waals surface area (Å²) in [5.74, 6) is -8.37. The van der Waals surface area contributed by atoms with E-state index in [9.17, 15) is 22.4 Å². The molecule has 2 rings (SSSR count). The van der Waals surface area contributed by atoms with Crippen molar-refractivity contribution >= 4 is 5.78 Å². The van der Waals surface area contributed by atoms with Crippen LogP contribution in [0.1, 0.15) is 10.5 Å². The van der Waals surface area contributed by atoms with Crippen LogP contribution in [0.25, 0.3) is 0 Å². The van der Waals surface area contributed by atoms with Crippen molar-refractivity contribution in [2.45, 2.75) is 0 Å². The maximum Gasteiger partial charge on any atom is 0.216 e. The number of benzene rings is 1. The Morgan fingerprint density at radius 2 is 1.80 bits per heavy atom. The molecule has 1 heterocycles. The highest BCUT2D eigenvalue weighted by Crippen LogP contribution is 2.26. The molecule has 1 aromatic carbocycles. The van der Waals surface area contributed by atoms with E-state index in [1.807, 2.05) is 0 Å². The van der Waals surface area contributed by atoms with E-state index >= 15 is 0 Å². The van der Waals surface area contributed by atoms with Crippen LogP contribution in [-0.2, 0) is 7.05 Å². The molecule has 0 atom stereocenters. The third kappa shape index (κ3) is 2.52. The molecular weight excluding hydrogens is 278 g/mol. The zero-order valence-electron chi connectivity index (χ0n) is 10.3.